The normalized spacial score (nSPS) is 11.5. The number of hydrogen-bond donors (Lipinski definition) is 2. The minimum absolute atomic E-state index is 0.00679. The van der Waals surface area contributed by atoms with Gasteiger partial charge in [-0.3, -0.25) is 4.79 Å². The SMILES string of the molecule is CCCCNC(=O)c1ccc(CNCc2cnc(C(C)(C)C)s2)cc1. The van der Waals surface area contributed by atoms with Gasteiger partial charge in [-0.2, -0.15) is 0 Å². The van der Waals surface area contributed by atoms with Crippen LogP contribution in [0.2, 0.25) is 0 Å². The first-order valence-corrected chi connectivity index (χ1v) is 9.75. The number of carbonyl (C=O) groups is 1. The fourth-order valence-electron chi connectivity index (χ4n) is 2.32. The lowest BCUT2D eigenvalue weighted by Crippen LogP contribution is -2.24. The molecule has 0 aliphatic rings. The van der Waals surface area contributed by atoms with E-state index < -0.39 is 0 Å². The lowest BCUT2D eigenvalue weighted by Gasteiger charge is -2.13. The number of thiazole rings is 1. The summed E-state index contributed by atoms with van der Waals surface area (Å²) in [5, 5.41) is 7.55. The van der Waals surface area contributed by atoms with Crippen molar-refractivity contribution in [1.82, 2.24) is 15.6 Å². The van der Waals surface area contributed by atoms with Crippen LogP contribution in [0.4, 0.5) is 0 Å². The first-order chi connectivity index (χ1) is 11.9. The molecule has 25 heavy (non-hydrogen) atoms. The first-order valence-electron chi connectivity index (χ1n) is 8.93. The van der Waals surface area contributed by atoms with Gasteiger partial charge in [-0.1, -0.05) is 46.2 Å². The fourth-order valence-corrected chi connectivity index (χ4v) is 3.26. The van der Waals surface area contributed by atoms with Crippen LogP contribution in [0.5, 0.6) is 0 Å². The number of nitrogens with one attached hydrogen (secondary N) is 2. The van der Waals surface area contributed by atoms with Gasteiger partial charge in [0.2, 0.25) is 0 Å². The molecule has 1 heterocycles. The van der Waals surface area contributed by atoms with Gasteiger partial charge < -0.3 is 10.6 Å². The van der Waals surface area contributed by atoms with E-state index in [1.807, 2.05) is 30.5 Å². The maximum absolute atomic E-state index is 12.0. The number of hydrogen-bond acceptors (Lipinski definition) is 4. The molecule has 136 valence electrons. The first kappa shape index (κ1) is 19.6. The molecule has 0 aliphatic heterocycles. The van der Waals surface area contributed by atoms with Crippen LogP contribution in [-0.2, 0) is 18.5 Å². The molecule has 1 aromatic heterocycles. The summed E-state index contributed by atoms with van der Waals surface area (Å²) >= 11 is 1.76. The zero-order valence-corrected chi connectivity index (χ0v) is 16.5. The predicted molar refractivity (Wildman–Crippen MR) is 105 cm³/mol. The summed E-state index contributed by atoms with van der Waals surface area (Å²) in [6.45, 7) is 11.0. The Hall–Kier alpha value is -1.72. The molecule has 0 atom stereocenters. The maximum atomic E-state index is 12.0. The van der Waals surface area contributed by atoms with Crippen molar-refractivity contribution in [3.8, 4) is 0 Å². The van der Waals surface area contributed by atoms with Crippen LogP contribution in [0.1, 0.15) is 66.3 Å². The van der Waals surface area contributed by atoms with E-state index in [9.17, 15) is 4.79 Å². The highest BCUT2D eigenvalue weighted by molar-refractivity contribution is 7.11. The lowest BCUT2D eigenvalue weighted by atomic mass is 9.98. The van der Waals surface area contributed by atoms with Crippen LogP contribution in [0.25, 0.3) is 0 Å². The van der Waals surface area contributed by atoms with Crippen molar-refractivity contribution in [3.05, 3.63) is 51.5 Å². The van der Waals surface area contributed by atoms with Gasteiger partial charge >= 0.3 is 0 Å². The number of aromatic nitrogens is 1. The van der Waals surface area contributed by atoms with E-state index in [1.54, 1.807) is 11.3 Å². The van der Waals surface area contributed by atoms with Crippen molar-refractivity contribution in [1.29, 1.82) is 0 Å². The van der Waals surface area contributed by atoms with Gasteiger partial charge in [0.25, 0.3) is 5.91 Å². The Kier molecular flexibility index (Phi) is 7.14. The largest absolute Gasteiger partial charge is 0.352 e. The van der Waals surface area contributed by atoms with E-state index in [0.717, 1.165) is 38.0 Å². The molecule has 2 rings (SSSR count). The minimum atomic E-state index is 0.00679. The number of amides is 1. The predicted octanol–water partition coefficient (Wildman–Crippen LogP) is 4.26. The van der Waals surface area contributed by atoms with E-state index in [4.69, 9.17) is 0 Å². The third-order valence-corrected chi connectivity index (χ3v) is 5.28. The Morgan fingerprint density at radius 3 is 2.48 bits per heavy atom. The Balaban J connectivity index is 1.79. The van der Waals surface area contributed by atoms with Crippen LogP contribution >= 0.6 is 11.3 Å². The van der Waals surface area contributed by atoms with Gasteiger partial charge in [-0.05, 0) is 24.1 Å². The summed E-state index contributed by atoms with van der Waals surface area (Å²) < 4.78 is 0. The molecular formula is C20H29N3OS. The Labute approximate surface area is 155 Å². The van der Waals surface area contributed by atoms with Gasteiger partial charge in [0.05, 0.1) is 5.01 Å². The van der Waals surface area contributed by atoms with Crippen molar-refractivity contribution in [2.45, 2.75) is 59.0 Å². The van der Waals surface area contributed by atoms with Gasteiger partial charge in [0.15, 0.2) is 0 Å². The molecule has 1 amide bonds. The van der Waals surface area contributed by atoms with E-state index >= 15 is 0 Å². The van der Waals surface area contributed by atoms with Gasteiger partial charge in [0.1, 0.15) is 0 Å². The van der Waals surface area contributed by atoms with Crippen molar-refractivity contribution in [2.75, 3.05) is 6.54 Å². The Morgan fingerprint density at radius 1 is 1.16 bits per heavy atom. The molecule has 0 spiro atoms. The van der Waals surface area contributed by atoms with Gasteiger partial charge in [0, 0.05) is 41.7 Å². The lowest BCUT2D eigenvalue weighted by molar-refractivity contribution is 0.0953. The molecule has 0 aliphatic carbocycles. The molecule has 0 unspecified atom stereocenters. The molecule has 0 bridgehead atoms. The number of carbonyl (C=O) groups excluding carboxylic acids is 1. The second-order valence-electron chi connectivity index (χ2n) is 7.29. The summed E-state index contributed by atoms with van der Waals surface area (Å²) in [6, 6.07) is 7.80. The van der Waals surface area contributed by atoms with Crippen molar-refractivity contribution in [2.24, 2.45) is 0 Å². The monoisotopic (exact) mass is 359 g/mol. The highest BCUT2D eigenvalue weighted by Crippen LogP contribution is 2.26. The average Bonchev–Trinajstić information content (AvgIpc) is 3.05. The molecule has 4 nitrogen and oxygen atoms in total. The summed E-state index contributed by atoms with van der Waals surface area (Å²) in [4.78, 5) is 17.7. The molecule has 0 saturated carbocycles. The van der Waals surface area contributed by atoms with Crippen LogP contribution < -0.4 is 10.6 Å². The zero-order chi connectivity index (χ0) is 18.3. The van der Waals surface area contributed by atoms with E-state index in [-0.39, 0.29) is 11.3 Å². The number of benzene rings is 1. The van der Waals surface area contributed by atoms with Crippen molar-refractivity contribution < 1.29 is 4.79 Å². The summed E-state index contributed by atoms with van der Waals surface area (Å²) in [5.41, 5.74) is 2.00. The molecule has 2 aromatic rings. The summed E-state index contributed by atoms with van der Waals surface area (Å²) in [6.07, 6.45) is 4.06. The molecule has 0 radical (unpaired) electrons. The zero-order valence-electron chi connectivity index (χ0n) is 15.7. The van der Waals surface area contributed by atoms with Gasteiger partial charge in [-0.15, -0.1) is 11.3 Å². The highest BCUT2D eigenvalue weighted by Gasteiger charge is 2.17. The highest BCUT2D eigenvalue weighted by atomic mass is 32.1. The number of unbranched alkanes of at least 4 members (excludes halogenated alkanes) is 1. The number of rotatable bonds is 8. The average molecular weight is 360 g/mol. The maximum Gasteiger partial charge on any atom is 0.251 e. The third kappa shape index (κ3) is 6.25. The Morgan fingerprint density at radius 2 is 1.88 bits per heavy atom. The smallest absolute Gasteiger partial charge is 0.251 e. The molecule has 1 aromatic carbocycles. The van der Waals surface area contributed by atoms with Crippen LogP contribution in [0.15, 0.2) is 30.5 Å². The van der Waals surface area contributed by atoms with Crippen LogP contribution in [0, 0.1) is 0 Å². The fraction of sp³-hybridized carbons (Fsp3) is 0.500. The topological polar surface area (TPSA) is 54.0 Å². The second kappa shape index (κ2) is 9.11. The van der Waals surface area contributed by atoms with E-state index in [1.165, 1.54) is 15.4 Å². The van der Waals surface area contributed by atoms with E-state index in [0.29, 0.717) is 0 Å². The standard InChI is InChI=1S/C20H29N3OS/c1-5-6-11-22-18(24)16-9-7-15(8-10-16)12-21-13-17-14-23-19(25-17)20(2,3)4/h7-10,14,21H,5-6,11-13H2,1-4H3,(H,22,24). The molecule has 5 heteroatoms. The summed E-state index contributed by atoms with van der Waals surface area (Å²) in [5.74, 6) is 0.00679. The number of nitrogens with zero attached hydrogens (tertiary/aromatic N) is 1. The summed E-state index contributed by atoms with van der Waals surface area (Å²) in [7, 11) is 0. The van der Waals surface area contributed by atoms with E-state index in [2.05, 4.69) is 43.3 Å². The Bertz CT molecular complexity index is 671. The van der Waals surface area contributed by atoms with Crippen molar-refractivity contribution >= 4 is 17.2 Å². The molecular weight excluding hydrogens is 330 g/mol. The quantitative estimate of drug-likeness (QED) is 0.693. The van der Waals surface area contributed by atoms with Crippen LogP contribution in [0.3, 0.4) is 0 Å². The molecule has 0 fully saturated rings. The van der Waals surface area contributed by atoms with Crippen LogP contribution in [-0.4, -0.2) is 17.4 Å². The molecule has 2 N–H and O–H groups in total. The van der Waals surface area contributed by atoms with Crippen molar-refractivity contribution in [3.63, 3.8) is 0 Å². The molecule has 0 saturated heterocycles. The second-order valence-corrected chi connectivity index (χ2v) is 8.41. The van der Waals surface area contributed by atoms with Gasteiger partial charge in [-0.25, -0.2) is 4.98 Å². The third-order valence-electron chi connectivity index (χ3n) is 3.86. The minimum Gasteiger partial charge on any atom is -0.352 e.